The van der Waals surface area contributed by atoms with Crippen molar-refractivity contribution in [2.24, 2.45) is 0 Å². The third-order valence-corrected chi connectivity index (χ3v) is 1.21. The van der Waals surface area contributed by atoms with Gasteiger partial charge in [-0.1, -0.05) is 13.3 Å². The predicted octanol–water partition coefficient (Wildman–Crippen LogP) is 2.48. The molecule has 0 spiro atoms. The topological polar surface area (TPSA) is 35.5 Å². The van der Waals surface area contributed by atoms with Crippen molar-refractivity contribution in [3.63, 3.8) is 0 Å². The maximum absolute atomic E-state index is 10.2. The van der Waals surface area contributed by atoms with Gasteiger partial charge >= 0.3 is 5.30 Å². The van der Waals surface area contributed by atoms with Crippen molar-refractivity contribution in [1.82, 2.24) is 0 Å². The summed E-state index contributed by atoms with van der Waals surface area (Å²) in [7, 11) is 0. The van der Waals surface area contributed by atoms with Gasteiger partial charge in [-0.15, -0.1) is 0 Å². The van der Waals surface area contributed by atoms with E-state index in [9.17, 15) is 4.79 Å². The first-order valence-corrected chi connectivity index (χ1v) is 4.07. The fourth-order valence-corrected chi connectivity index (χ4v) is 0.699. The van der Waals surface area contributed by atoms with Gasteiger partial charge in [-0.3, -0.25) is 0 Å². The molecule has 3 nitrogen and oxygen atoms in total. The summed E-state index contributed by atoms with van der Waals surface area (Å²) in [6.07, 6.45) is 1.53. The van der Waals surface area contributed by atoms with Crippen LogP contribution in [0.2, 0.25) is 0 Å². The summed E-state index contributed by atoms with van der Waals surface area (Å²) in [5.74, 6) is 0. The molecule has 0 rings (SSSR count). The van der Waals surface area contributed by atoms with Gasteiger partial charge in [0.2, 0.25) is 6.29 Å². The highest BCUT2D eigenvalue weighted by Crippen LogP contribution is 1.99. The normalized spacial score (nSPS) is 12.5. The lowest BCUT2D eigenvalue weighted by molar-refractivity contribution is -0.0840. The van der Waals surface area contributed by atoms with Gasteiger partial charge in [0.15, 0.2) is 0 Å². The Morgan fingerprint density at radius 1 is 1.64 bits per heavy atom. The zero-order chi connectivity index (χ0) is 8.69. The molecule has 0 aliphatic rings. The molecule has 0 N–H and O–H groups in total. The first-order chi connectivity index (χ1) is 5.16. The lowest BCUT2D eigenvalue weighted by atomic mass is 10.4. The van der Waals surface area contributed by atoms with Gasteiger partial charge in [0.1, 0.15) is 0 Å². The SMILES string of the molecule is CCCCOC(C)OC(=O)[S]. The highest BCUT2D eigenvalue weighted by molar-refractivity contribution is 7.96. The van der Waals surface area contributed by atoms with Crippen molar-refractivity contribution >= 4 is 17.9 Å². The molecule has 65 valence electrons. The first kappa shape index (κ1) is 10.7. The Morgan fingerprint density at radius 2 is 2.27 bits per heavy atom. The lowest BCUT2D eigenvalue weighted by Gasteiger charge is -2.10. The molecular formula is C7H13O3S. The number of unbranched alkanes of at least 4 members (excludes halogenated alkanes) is 1. The van der Waals surface area contributed by atoms with Gasteiger partial charge in [-0.25, -0.2) is 4.79 Å². The fourth-order valence-electron chi connectivity index (χ4n) is 0.563. The number of rotatable bonds is 5. The highest BCUT2D eigenvalue weighted by Gasteiger charge is 2.04. The summed E-state index contributed by atoms with van der Waals surface area (Å²) >= 11 is 4.19. The number of ether oxygens (including phenoxy) is 2. The first-order valence-electron chi connectivity index (χ1n) is 3.66. The largest absolute Gasteiger partial charge is 0.425 e. The van der Waals surface area contributed by atoms with Crippen LogP contribution in [0.25, 0.3) is 0 Å². The Hall–Kier alpha value is -0.350. The molecule has 0 fully saturated rings. The average molecular weight is 177 g/mol. The molecule has 0 aromatic carbocycles. The van der Waals surface area contributed by atoms with Crippen LogP contribution in [0.3, 0.4) is 0 Å². The summed E-state index contributed by atoms with van der Waals surface area (Å²) < 4.78 is 9.63. The maximum atomic E-state index is 10.2. The van der Waals surface area contributed by atoms with Crippen molar-refractivity contribution in [3.8, 4) is 0 Å². The van der Waals surface area contributed by atoms with Crippen LogP contribution in [0.5, 0.6) is 0 Å². The second-order valence-corrected chi connectivity index (χ2v) is 2.49. The Labute approximate surface area is 72.5 Å². The average Bonchev–Trinajstić information content (AvgIpc) is 1.86. The minimum Gasteiger partial charge on any atom is -0.425 e. The molecule has 0 aromatic heterocycles. The molecule has 0 heterocycles. The van der Waals surface area contributed by atoms with E-state index in [1.807, 2.05) is 0 Å². The minimum atomic E-state index is -0.714. The van der Waals surface area contributed by atoms with Crippen molar-refractivity contribution in [2.75, 3.05) is 6.61 Å². The van der Waals surface area contributed by atoms with E-state index in [0.717, 1.165) is 12.8 Å². The molecule has 0 aliphatic carbocycles. The molecule has 1 unspecified atom stereocenters. The molecule has 1 radical (unpaired) electrons. The van der Waals surface area contributed by atoms with Crippen LogP contribution in [0.1, 0.15) is 26.7 Å². The molecule has 0 aromatic rings. The van der Waals surface area contributed by atoms with Gasteiger partial charge in [-0.2, -0.15) is 0 Å². The van der Waals surface area contributed by atoms with Gasteiger partial charge in [0.05, 0.1) is 6.61 Å². The van der Waals surface area contributed by atoms with E-state index in [0.29, 0.717) is 6.61 Å². The van der Waals surface area contributed by atoms with Crippen LogP contribution in [0.4, 0.5) is 4.79 Å². The van der Waals surface area contributed by atoms with Crippen LogP contribution < -0.4 is 0 Å². The number of hydrogen-bond acceptors (Lipinski definition) is 3. The number of hydrogen-bond donors (Lipinski definition) is 0. The number of carbonyl (C=O) groups is 1. The predicted molar refractivity (Wildman–Crippen MR) is 44.4 cm³/mol. The summed E-state index contributed by atoms with van der Waals surface area (Å²) in [5, 5.41) is -0.714. The Kier molecular flexibility index (Phi) is 6.16. The van der Waals surface area contributed by atoms with Crippen LogP contribution >= 0.6 is 12.6 Å². The van der Waals surface area contributed by atoms with Crippen LogP contribution in [-0.2, 0) is 9.47 Å². The van der Waals surface area contributed by atoms with Gasteiger partial charge in [0, 0.05) is 12.6 Å². The molecule has 0 saturated carbocycles. The summed E-state index contributed by atoms with van der Waals surface area (Å²) in [6, 6.07) is 0. The van der Waals surface area contributed by atoms with Gasteiger partial charge < -0.3 is 9.47 Å². The fraction of sp³-hybridized carbons (Fsp3) is 0.857. The standard InChI is InChI=1S/C7H13O3S/c1-3-4-5-9-6(2)10-7(8)11/h6H,3-5H2,1-2H3. The van der Waals surface area contributed by atoms with Crippen molar-refractivity contribution in [3.05, 3.63) is 0 Å². The second kappa shape index (κ2) is 6.37. The van der Waals surface area contributed by atoms with E-state index in [1.165, 1.54) is 0 Å². The monoisotopic (exact) mass is 177 g/mol. The number of carbonyl (C=O) groups excluding carboxylic acids is 1. The zero-order valence-electron chi connectivity index (χ0n) is 6.83. The molecule has 0 bridgehead atoms. The van der Waals surface area contributed by atoms with Gasteiger partial charge in [-0.05, 0) is 13.3 Å². The molecule has 4 heteroatoms. The lowest BCUT2D eigenvalue weighted by Crippen LogP contribution is -2.14. The molecule has 0 amide bonds. The summed E-state index contributed by atoms with van der Waals surface area (Å²) in [6.45, 7) is 4.33. The zero-order valence-corrected chi connectivity index (χ0v) is 7.65. The quantitative estimate of drug-likeness (QED) is 0.367. The van der Waals surface area contributed by atoms with Crippen LogP contribution in [-0.4, -0.2) is 18.2 Å². The maximum Gasteiger partial charge on any atom is 0.402 e. The summed E-state index contributed by atoms with van der Waals surface area (Å²) in [4.78, 5) is 10.2. The van der Waals surface area contributed by atoms with E-state index < -0.39 is 11.6 Å². The van der Waals surface area contributed by atoms with Crippen molar-refractivity contribution < 1.29 is 14.3 Å². The Bertz CT molecular complexity index is 116. The van der Waals surface area contributed by atoms with E-state index in [2.05, 4.69) is 24.3 Å². The minimum absolute atomic E-state index is 0.508. The van der Waals surface area contributed by atoms with Gasteiger partial charge in [0.25, 0.3) is 0 Å². The Balaban J connectivity index is 3.22. The second-order valence-electron chi connectivity index (χ2n) is 2.16. The molecule has 0 aliphatic heterocycles. The molecular weight excluding hydrogens is 164 g/mol. The van der Waals surface area contributed by atoms with Crippen LogP contribution in [0.15, 0.2) is 0 Å². The van der Waals surface area contributed by atoms with Crippen molar-refractivity contribution in [1.29, 1.82) is 0 Å². The smallest absolute Gasteiger partial charge is 0.402 e. The highest BCUT2D eigenvalue weighted by atomic mass is 32.1. The third-order valence-electron chi connectivity index (χ3n) is 1.11. The molecule has 0 saturated heterocycles. The third kappa shape index (κ3) is 7.55. The Morgan fingerprint density at radius 3 is 2.73 bits per heavy atom. The van der Waals surface area contributed by atoms with E-state index in [1.54, 1.807) is 6.92 Å². The van der Waals surface area contributed by atoms with E-state index >= 15 is 0 Å². The van der Waals surface area contributed by atoms with Crippen molar-refractivity contribution in [2.45, 2.75) is 33.0 Å². The van der Waals surface area contributed by atoms with E-state index in [4.69, 9.17) is 4.74 Å². The van der Waals surface area contributed by atoms with Crippen LogP contribution in [0, 0.1) is 0 Å². The molecule has 11 heavy (non-hydrogen) atoms. The summed E-state index contributed by atoms with van der Waals surface area (Å²) in [5.41, 5.74) is 0. The van der Waals surface area contributed by atoms with E-state index in [-0.39, 0.29) is 0 Å². The molecule has 1 atom stereocenters.